The van der Waals surface area contributed by atoms with Gasteiger partial charge in [-0.2, -0.15) is 16.8 Å². The zero-order chi connectivity index (χ0) is 15.8. The normalized spacial score (nSPS) is 12.3. The lowest BCUT2D eigenvalue weighted by Crippen LogP contribution is -2.07. The number of rotatable bonds is 4. The van der Waals surface area contributed by atoms with Crippen molar-refractivity contribution in [1.29, 1.82) is 0 Å². The summed E-state index contributed by atoms with van der Waals surface area (Å²) in [5.41, 5.74) is 0. The smallest absolute Gasteiger partial charge is 0.446 e. The molecule has 0 amide bonds. The van der Waals surface area contributed by atoms with Crippen molar-refractivity contribution in [1.82, 2.24) is 0 Å². The Morgan fingerprint density at radius 3 is 2.19 bits per heavy atom. The van der Waals surface area contributed by atoms with E-state index in [2.05, 4.69) is 4.18 Å². The van der Waals surface area contributed by atoms with Gasteiger partial charge < -0.3 is 8.92 Å². The van der Waals surface area contributed by atoms with E-state index in [9.17, 15) is 21.4 Å². The van der Waals surface area contributed by atoms with Crippen LogP contribution in [0.5, 0.6) is 11.5 Å². The molecule has 0 radical (unpaired) electrons. The van der Waals surface area contributed by atoms with Crippen molar-refractivity contribution in [2.24, 2.45) is 0 Å². The standard InChI is InChI=1S/C11H10O8S2/c1-18-10-5-2-7-6-8(19-21(15,16)17)3-4-9(7)11(10)20(12,13)14/h2-6H,1H3,(H,12,13,14)(H,15,16,17). The minimum Gasteiger partial charge on any atom is -0.495 e. The molecular formula is C11H10O8S2. The Bertz CT molecular complexity index is 899. The molecule has 0 bridgehead atoms. The maximum Gasteiger partial charge on any atom is 0.446 e. The van der Waals surface area contributed by atoms with Gasteiger partial charge in [-0.1, -0.05) is 6.07 Å². The van der Waals surface area contributed by atoms with Gasteiger partial charge in [0.1, 0.15) is 16.4 Å². The van der Waals surface area contributed by atoms with Crippen LogP contribution >= 0.6 is 0 Å². The predicted octanol–water partition coefficient (Wildman–Crippen LogP) is 1.28. The number of hydrogen-bond donors (Lipinski definition) is 2. The molecule has 0 aliphatic carbocycles. The molecule has 0 saturated heterocycles. The first-order chi connectivity index (χ1) is 9.62. The molecule has 0 aromatic heterocycles. The number of methoxy groups -OCH3 is 1. The minimum atomic E-state index is -4.69. The molecule has 0 saturated carbocycles. The van der Waals surface area contributed by atoms with Crippen molar-refractivity contribution in [3.63, 3.8) is 0 Å². The Kier molecular flexibility index (Phi) is 3.80. The Balaban J connectivity index is 2.73. The van der Waals surface area contributed by atoms with Crippen molar-refractivity contribution >= 4 is 31.3 Å². The van der Waals surface area contributed by atoms with E-state index in [0.717, 1.165) is 6.07 Å². The van der Waals surface area contributed by atoms with E-state index in [1.807, 2.05) is 0 Å². The quantitative estimate of drug-likeness (QED) is 0.800. The zero-order valence-electron chi connectivity index (χ0n) is 10.5. The van der Waals surface area contributed by atoms with Crippen LogP contribution in [0.15, 0.2) is 35.2 Å². The summed E-state index contributed by atoms with van der Waals surface area (Å²) in [6.45, 7) is 0. The van der Waals surface area contributed by atoms with Crippen molar-refractivity contribution < 1.29 is 34.9 Å². The van der Waals surface area contributed by atoms with E-state index in [4.69, 9.17) is 9.29 Å². The SMILES string of the molecule is COc1ccc2cc(OS(=O)(=O)O)ccc2c1S(=O)(=O)O. The van der Waals surface area contributed by atoms with Crippen molar-refractivity contribution in [3.05, 3.63) is 30.3 Å². The van der Waals surface area contributed by atoms with Crippen LogP contribution in [0.2, 0.25) is 0 Å². The van der Waals surface area contributed by atoms with E-state index >= 15 is 0 Å². The predicted molar refractivity (Wildman–Crippen MR) is 72.5 cm³/mol. The maximum atomic E-state index is 11.4. The Morgan fingerprint density at radius 2 is 1.67 bits per heavy atom. The van der Waals surface area contributed by atoms with Crippen LogP contribution in [0.25, 0.3) is 10.8 Å². The van der Waals surface area contributed by atoms with Gasteiger partial charge in [0.2, 0.25) is 0 Å². The summed E-state index contributed by atoms with van der Waals surface area (Å²) in [6.07, 6.45) is 0. The van der Waals surface area contributed by atoms with Gasteiger partial charge in [0.15, 0.2) is 0 Å². The third kappa shape index (κ3) is 3.42. The van der Waals surface area contributed by atoms with Crippen LogP contribution in [0.1, 0.15) is 0 Å². The molecule has 114 valence electrons. The van der Waals surface area contributed by atoms with Gasteiger partial charge in [-0.25, -0.2) is 0 Å². The lowest BCUT2D eigenvalue weighted by Gasteiger charge is -2.10. The van der Waals surface area contributed by atoms with Gasteiger partial charge in [-0.05, 0) is 29.7 Å². The van der Waals surface area contributed by atoms with E-state index in [-0.39, 0.29) is 22.3 Å². The van der Waals surface area contributed by atoms with Gasteiger partial charge in [0, 0.05) is 5.39 Å². The summed E-state index contributed by atoms with van der Waals surface area (Å²) < 4.78 is 71.2. The molecular weight excluding hydrogens is 324 g/mol. The Morgan fingerprint density at radius 1 is 1.00 bits per heavy atom. The molecule has 2 aromatic carbocycles. The van der Waals surface area contributed by atoms with Crippen molar-refractivity contribution in [2.75, 3.05) is 7.11 Å². The lowest BCUT2D eigenvalue weighted by molar-refractivity contribution is 0.386. The second-order valence-electron chi connectivity index (χ2n) is 3.97. The van der Waals surface area contributed by atoms with Gasteiger partial charge in [-0.3, -0.25) is 9.11 Å². The van der Waals surface area contributed by atoms with Crippen molar-refractivity contribution in [2.45, 2.75) is 4.90 Å². The Labute approximate surface area is 120 Å². The number of ether oxygens (including phenoxy) is 1. The van der Waals surface area contributed by atoms with Gasteiger partial charge >= 0.3 is 10.4 Å². The second-order valence-corrected chi connectivity index (χ2v) is 6.35. The molecule has 10 heteroatoms. The minimum absolute atomic E-state index is 0.0616. The topological polar surface area (TPSA) is 127 Å². The first kappa shape index (κ1) is 15.5. The number of benzene rings is 2. The molecule has 8 nitrogen and oxygen atoms in total. The zero-order valence-corrected chi connectivity index (χ0v) is 12.2. The average Bonchev–Trinajstić information content (AvgIpc) is 2.34. The van der Waals surface area contributed by atoms with Crippen LogP contribution in [-0.2, 0) is 20.5 Å². The third-order valence-electron chi connectivity index (χ3n) is 2.59. The molecule has 2 N–H and O–H groups in total. The first-order valence-electron chi connectivity index (χ1n) is 5.37. The molecule has 2 aromatic rings. The van der Waals surface area contributed by atoms with Crippen LogP contribution in [0.3, 0.4) is 0 Å². The average molecular weight is 334 g/mol. The summed E-state index contributed by atoms with van der Waals surface area (Å²) in [4.78, 5) is -0.444. The van der Waals surface area contributed by atoms with E-state index in [0.29, 0.717) is 0 Å². The lowest BCUT2D eigenvalue weighted by atomic mass is 10.1. The first-order valence-corrected chi connectivity index (χ1v) is 8.17. The summed E-state index contributed by atoms with van der Waals surface area (Å²) in [6, 6.07) is 6.28. The summed E-state index contributed by atoms with van der Waals surface area (Å²) in [5, 5.41) is 0.379. The molecule has 0 aliphatic heterocycles. The molecule has 0 aliphatic rings. The molecule has 0 unspecified atom stereocenters. The largest absolute Gasteiger partial charge is 0.495 e. The fraction of sp³-hybridized carbons (Fsp3) is 0.0909. The van der Waals surface area contributed by atoms with Crippen LogP contribution < -0.4 is 8.92 Å². The molecule has 21 heavy (non-hydrogen) atoms. The summed E-state index contributed by atoms with van der Waals surface area (Å²) in [7, 11) is -8.00. The second kappa shape index (κ2) is 5.15. The fourth-order valence-electron chi connectivity index (χ4n) is 1.86. The number of hydrogen-bond acceptors (Lipinski definition) is 6. The van der Waals surface area contributed by atoms with Crippen LogP contribution in [0, 0.1) is 0 Å². The monoisotopic (exact) mass is 334 g/mol. The van der Waals surface area contributed by atoms with E-state index in [1.165, 1.54) is 31.4 Å². The molecule has 0 heterocycles. The van der Waals surface area contributed by atoms with Crippen LogP contribution in [-0.4, -0.2) is 33.1 Å². The molecule has 0 spiro atoms. The van der Waals surface area contributed by atoms with Gasteiger partial charge in [-0.15, -0.1) is 0 Å². The molecule has 0 fully saturated rings. The van der Waals surface area contributed by atoms with E-state index in [1.54, 1.807) is 0 Å². The Hall–Kier alpha value is -1.88. The molecule has 2 rings (SSSR count). The number of fused-ring (bicyclic) bond motifs is 1. The van der Waals surface area contributed by atoms with E-state index < -0.39 is 25.4 Å². The van der Waals surface area contributed by atoms with Gasteiger partial charge in [0.05, 0.1) is 7.11 Å². The van der Waals surface area contributed by atoms with Crippen LogP contribution in [0.4, 0.5) is 0 Å². The highest BCUT2D eigenvalue weighted by Crippen LogP contribution is 2.33. The summed E-state index contributed by atoms with van der Waals surface area (Å²) >= 11 is 0. The molecule has 0 atom stereocenters. The fourth-order valence-corrected chi connectivity index (χ4v) is 3.08. The van der Waals surface area contributed by atoms with Gasteiger partial charge in [0.25, 0.3) is 10.1 Å². The highest BCUT2D eigenvalue weighted by molar-refractivity contribution is 7.86. The summed E-state index contributed by atoms with van der Waals surface area (Å²) in [5.74, 6) is -0.273. The highest BCUT2D eigenvalue weighted by Gasteiger charge is 2.21. The highest BCUT2D eigenvalue weighted by atomic mass is 32.3. The van der Waals surface area contributed by atoms with Crippen molar-refractivity contribution in [3.8, 4) is 11.5 Å². The third-order valence-corrected chi connectivity index (χ3v) is 3.93. The maximum absolute atomic E-state index is 11.4.